The van der Waals surface area contributed by atoms with E-state index in [1.54, 1.807) is 0 Å². The van der Waals surface area contributed by atoms with Crippen molar-refractivity contribution >= 4 is 44.8 Å². The van der Waals surface area contributed by atoms with E-state index in [4.69, 9.17) is 16.3 Å². The number of amides is 1. The molecule has 0 heterocycles. The maximum atomic E-state index is 12.1. The molecule has 150 valence electrons. The normalized spacial score (nSPS) is 10.5. The van der Waals surface area contributed by atoms with Crippen LogP contribution in [0.3, 0.4) is 0 Å². The first-order valence-electron chi connectivity index (χ1n) is 9.19. The van der Waals surface area contributed by atoms with Crippen molar-refractivity contribution in [2.45, 2.75) is 20.4 Å². The van der Waals surface area contributed by atoms with E-state index in [2.05, 4.69) is 26.6 Å². The second kappa shape index (κ2) is 9.81. The van der Waals surface area contributed by atoms with Gasteiger partial charge in [0.1, 0.15) is 5.75 Å². The van der Waals surface area contributed by atoms with Gasteiger partial charge in [-0.2, -0.15) is 0 Å². The first-order valence-corrected chi connectivity index (χ1v) is 10.4. The quantitative estimate of drug-likeness (QED) is 0.420. The van der Waals surface area contributed by atoms with Crippen molar-refractivity contribution in [2.24, 2.45) is 0 Å². The maximum Gasteiger partial charge on any atom is 0.262 e. The van der Waals surface area contributed by atoms with Crippen molar-refractivity contribution in [1.29, 1.82) is 0 Å². The molecule has 0 atom stereocenters. The molecule has 1 amide bonds. The van der Waals surface area contributed by atoms with Gasteiger partial charge in [0.15, 0.2) is 6.61 Å². The van der Waals surface area contributed by atoms with Crippen molar-refractivity contribution in [2.75, 3.05) is 17.2 Å². The van der Waals surface area contributed by atoms with Crippen molar-refractivity contribution in [3.8, 4) is 5.75 Å². The second-order valence-corrected chi connectivity index (χ2v) is 8.00. The monoisotopic (exact) mass is 472 g/mol. The molecule has 0 spiro atoms. The number of hydrogen-bond acceptors (Lipinski definition) is 3. The topological polar surface area (TPSA) is 50.4 Å². The Morgan fingerprint density at radius 3 is 2.62 bits per heavy atom. The number of rotatable bonds is 7. The molecule has 0 aromatic heterocycles. The number of carbonyl (C=O) groups is 1. The molecule has 0 unspecified atom stereocenters. The Hall–Kier alpha value is -2.50. The van der Waals surface area contributed by atoms with Crippen molar-refractivity contribution in [3.05, 3.63) is 86.8 Å². The van der Waals surface area contributed by atoms with Crippen molar-refractivity contribution in [3.63, 3.8) is 0 Å². The summed E-state index contributed by atoms with van der Waals surface area (Å²) >= 11 is 9.68. The molecule has 0 bridgehead atoms. The van der Waals surface area contributed by atoms with Crippen LogP contribution in [0.4, 0.5) is 11.4 Å². The van der Waals surface area contributed by atoms with E-state index >= 15 is 0 Å². The van der Waals surface area contributed by atoms with Gasteiger partial charge in [-0.3, -0.25) is 4.79 Å². The Labute approximate surface area is 184 Å². The fourth-order valence-electron chi connectivity index (χ4n) is 2.83. The average Bonchev–Trinajstić information content (AvgIpc) is 2.68. The van der Waals surface area contributed by atoms with Crippen LogP contribution in [-0.4, -0.2) is 12.5 Å². The smallest absolute Gasteiger partial charge is 0.262 e. The number of aryl methyl sites for hydroxylation is 1. The SMILES string of the molecule is Cc1cccc(NC(=O)COc2ccc(CNc3cccc(Cl)c3C)cc2Br)c1. The van der Waals surface area contributed by atoms with Gasteiger partial charge in [-0.1, -0.05) is 35.9 Å². The van der Waals surface area contributed by atoms with Crippen LogP contribution >= 0.6 is 27.5 Å². The van der Waals surface area contributed by atoms with Crippen LogP contribution in [0.2, 0.25) is 5.02 Å². The minimum Gasteiger partial charge on any atom is -0.483 e. The maximum absolute atomic E-state index is 12.1. The van der Waals surface area contributed by atoms with Crippen molar-refractivity contribution in [1.82, 2.24) is 0 Å². The Balaban J connectivity index is 1.55. The molecule has 4 nitrogen and oxygen atoms in total. The molecule has 29 heavy (non-hydrogen) atoms. The highest BCUT2D eigenvalue weighted by Crippen LogP contribution is 2.27. The predicted molar refractivity (Wildman–Crippen MR) is 123 cm³/mol. The summed E-state index contributed by atoms with van der Waals surface area (Å²) in [4.78, 5) is 12.1. The Morgan fingerprint density at radius 1 is 1.07 bits per heavy atom. The van der Waals surface area contributed by atoms with Crippen LogP contribution < -0.4 is 15.4 Å². The van der Waals surface area contributed by atoms with Gasteiger partial charge in [0.25, 0.3) is 5.91 Å². The summed E-state index contributed by atoms with van der Waals surface area (Å²) in [6.07, 6.45) is 0. The van der Waals surface area contributed by atoms with Crippen LogP contribution in [0.15, 0.2) is 65.1 Å². The van der Waals surface area contributed by atoms with Crippen LogP contribution in [0.5, 0.6) is 5.75 Å². The zero-order valence-corrected chi connectivity index (χ0v) is 18.6. The van der Waals surface area contributed by atoms with Crippen molar-refractivity contribution < 1.29 is 9.53 Å². The van der Waals surface area contributed by atoms with E-state index in [0.29, 0.717) is 12.3 Å². The number of ether oxygens (including phenoxy) is 1. The molecule has 3 rings (SSSR count). The van der Waals surface area contributed by atoms with Gasteiger partial charge < -0.3 is 15.4 Å². The lowest BCUT2D eigenvalue weighted by Crippen LogP contribution is -2.20. The third-order valence-electron chi connectivity index (χ3n) is 4.41. The second-order valence-electron chi connectivity index (χ2n) is 6.74. The Kier molecular flexibility index (Phi) is 7.18. The summed E-state index contributed by atoms with van der Waals surface area (Å²) < 4.78 is 6.45. The molecule has 0 fully saturated rings. The first-order chi connectivity index (χ1) is 13.9. The summed E-state index contributed by atoms with van der Waals surface area (Å²) in [5.74, 6) is 0.414. The van der Waals surface area contributed by atoms with Crippen LogP contribution in [0, 0.1) is 13.8 Å². The minimum absolute atomic E-state index is 0.0636. The van der Waals surface area contributed by atoms with Gasteiger partial charge in [-0.15, -0.1) is 0 Å². The lowest BCUT2D eigenvalue weighted by Gasteiger charge is -2.13. The number of carbonyl (C=O) groups excluding carboxylic acids is 1. The molecule has 6 heteroatoms. The summed E-state index contributed by atoms with van der Waals surface area (Å²) in [7, 11) is 0. The van der Waals surface area contributed by atoms with E-state index in [1.807, 2.05) is 74.5 Å². The Morgan fingerprint density at radius 2 is 1.86 bits per heavy atom. The molecule has 0 aliphatic heterocycles. The summed E-state index contributed by atoms with van der Waals surface area (Å²) in [6.45, 7) is 4.55. The highest BCUT2D eigenvalue weighted by atomic mass is 79.9. The fraction of sp³-hybridized carbons (Fsp3) is 0.174. The molecule has 0 aliphatic carbocycles. The number of anilines is 2. The molecule has 3 aromatic carbocycles. The first kappa shape index (κ1) is 21.2. The average molecular weight is 474 g/mol. The Bertz CT molecular complexity index is 1020. The van der Waals surface area contributed by atoms with E-state index < -0.39 is 0 Å². The summed E-state index contributed by atoms with van der Waals surface area (Å²) in [5.41, 5.74) is 4.95. The number of nitrogens with one attached hydrogen (secondary N) is 2. The highest BCUT2D eigenvalue weighted by Gasteiger charge is 2.08. The molecular weight excluding hydrogens is 452 g/mol. The van der Waals surface area contributed by atoms with E-state index in [9.17, 15) is 4.79 Å². The van der Waals surface area contributed by atoms with Gasteiger partial charge in [-0.25, -0.2) is 0 Å². The highest BCUT2D eigenvalue weighted by molar-refractivity contribution is 9.10. The lowest BCUT2D eigenvalue weighted by molar-refractivity contribution is -0.118. The minimum atomic E-state index is -0.204. The van der Waals surface area contributed by atoms with Crippen LogP contribution in [0.25, 0.3) is 0 Å². The zero-order chi connectivity index (χ0) is 20.8. The van der Waals surface area contributed by atoms with E-state index in [1.165, 1.54) is 0 Å². The van der Waals surface area contributed by atoms with Gasteiger partial charge in [0.2, 0.25) is 0 Å². The van der Waals surface area contributed by atoms with Gasteiger partial charge in [-0.05, 0) is 82.9 Å². The van der Waals surface area contributed by atoms with E-state index in [0.717, 1.165) is 37.6 Å². The molecule has 0 aliphatic rings. The summed E-state index contributed by atoms with van der Waals surface area (Å²) in [5, 5.41) is 6.96. The van der Waals surface area contributed by atoms with Crippen LogP contribution in [-0.2, 0) is 11.3 Å². The molecule has 0 saturated heterocycles. The zero-order valence-electron chi connectivity index (χ0n) is 16.3. The van der Waals surface area contributed by atoms with Gasteiger partial charge in [0.05, 0.1) is 4.47 Å². The molecule has 2 N–H and O–H groups in total. The number of halogens is 2. The largest absolute Gasteiger partial charge is 0.483 e. The molecular formula is C23H22BrClN2O2. The number of hydrogen-bond donors (Lipinski definition) is 2. The lowest BCUT2D eigenvalue weighted by atomic mass is 10.1. The van der Waals surface area contributed by atoms with Crippen LogP contribution in [0.1, 0.15) is 16.7 Å². The van der Waals surface area contributed by atoms with Gasteiger partial charge >= 0.3 is 0 Å². The molecule has 0 saturated carbocycles. The predicted octanol–water partition coefficient (Wildman–Crippen LogP) is 6.35. The van der Waals surface area contributed by atoms with Gasteiger partial charge in [0, 0.05) is 22.9 Å². The standard InChI is InChI=1S/C23H22BrClN2O2/c1-15-5-3-6-18(11-15)27-23(28)14-29-22-10-9-17(12-19(22)24)13-26-21-8-4-7-20(25)16(21)2/h3-12,26H,13-14H2,1-2H3,(H,27,28). The third-order valence-corrected chi connectivity index (χ3v) is 5.44. The number of benzene rings is 3. The fourth-order valence-corrected chi connectivity index (χ4v) is 3.55. The van der Waals surface area contributed by atoms with E-state index in [-0.39, 0.29) is 12.5 Å². The molecule has 3 aromatic rings. The third kappa shape index (κ3) is 5.99. The summed E-state index contributed by atoms with van der Waals surface area (Å²) in [6, 6.07) is 19.2. The molecule has 0 radical (unpaired) electrons.